The van der Waals surface area contributed by atoms with Gasteiger partial charge in [-0.15, -0.1) is 0 Å². The summed E-state index contributed by atoms with van der Waals surface area (Å²) in [4.78, 5) is 2.71. The first-order chi connectivity index (χ1) is 9.20. The average molecular weight is 262 g/mol. The highest BCUT2D eigenvalue weighted by Crippen LogP contribution is 2.37. The highest BCUT2D eigenvalue weighted by atomic mass is 15.3. The average Bonchev–Trinajstić information content (AvgIpc) is 3.12. The zero-order valence-corrected chi connectivity index (χ0v) is 12.2. The van der Waals surface area contributed by atoms with Crippen LogP contribution in [0.2, 0.25) is 0 Å². The Morgan fingerprint density at radius 3 is 2.84 bits per heavy atom. The van der Waals surface area contributed by atoms with Gasteiger partial charge in [0, 0.05) is 43.6 Å². The van der Waals surface area contributed by atoms with Crippen molar-refractivity contribution in [2.24, 2.45) is 5.92 Å². The van der Waals surface area contributed by atoms with Gasteiger partial charge in [-0.1, -0.05) is 6.92 Å². The molecule has 19 heavy (non-hydrogen) atoms. The molecule has 1 N–H and O–H groups in total. The summed E-state index contributed by atoms with van der Waals surface area (Å²) in [6, 6.07) is 2.75. The molecule has 0 spiro atoms. The quantitative estimate of drug-likeness (QED) is 0.877. The van der Waals surface area contributed by atoms with E-state index in [9.17, 15) is 0 Å². The van der Waals surface area contributed by atoms with Crippen LogP contribution in [0, 0.1) is 5.92 Å². The molecule has 2 fully saturated rings. The fraction of sp³-hybridized carbons (Fsp3) is 0.800. The lowest BCUT2D eigenvalue weighted by Crippen LogP contribution is -2.63. The molecule has 0 bridgehead atoms. The van der Waals surface area contributed by atoms with Crippen molar-refractivity contribution in [2.45, 2.75) is 51.2 Å². The third-order valence-corrected chi connectivity index (χ3v) is 4.88. The zero-order valence-electron chi connectivity index (χ0n) is 12.2. The van der Waals surface area contributed by atoms with Crippen LogP contribution in [0.4, 0.5) is 0 Å². The smallest absolute Gasteiger partial charge is 0.0536 e. The Hall–Kier alpha value is -0.870. The van der Waals surface area contributed by atoms with E-state index in [1.165, 1.54) is 25.8 Å². The Labute approximate surface area is 116 Å². The Kier molecular flexibility index (Phi) is 3.63. The topological polar surface area (TPSA) is 33.1 Å². The maximum Gasteiger partial charge on any atom is 0.0536 e. The predicted octanol–water partition coefficient (Wildman–Crippen LogP) is 1.74. The minimum atomic E-state index is 0.287. The number of nitrogens with one attached hydrogen (secondary N) is 1. The van der Waals surface area contributed by atoms with Gasteiger partial charge in [0.05, 0.1) is 6.54 Å². The van der Waals surface area contributed by atoms with E-state index in [2.05, 4.69) is 40.0 Å². The summed E-state index contributed by atoms with van der Waals surface area (Å²) in [6.07, 6.45) is 7.98. The molecule has 106 valence electrons. The first kappa shape index (κ1) is 13.1. The molecule has 4 heteroatoms. The van der Waals surface area contributed by atoms with Gasteiger partial charge in [0.25, 0.3) is 0 Å². The Morgan fingerprint density at radius 2 is 2.21 bits per heavy atom. The second-order valence-corrected chi connectivity index (χ2v) is 6.44. The summed E-state index contributed by atoms with van der Waals surface area (Å²) in [5.41, 5.74) is 0.287. The van der Waals surface area contributed by atoms with Crippen molar-refractivity contribution in [3.63, 3.8) is 0 Å². The molecule has 2 heterocycles. The normalized spacial score (nSPS) is 32.6. The third kappa shape index (κ3) is 3.00. The second kappa shape index (κ2) is 5.25. The van der Waals surface area contributed by atoms with Crippen molar-refractivity contribution in [3.05, 3.63) is 18.5 Å². The van der Waals surface area contributed by atoms with E-state index in [0.717, 1.165) is 31.6 Å². The summed E-state index contributed by atoms with van der Waals surface area (Å²) >= 11 is 0. The number of aromatic nitrogens is 2. The molecule has 0 aromatic carbocycles. The molecule has 1 aliphatic carbocycles. The Morgan fingerprint density at radius 1 is 1.37 bits per heavy atom. The molecular formula is C15H26N4. The highest BCUT2D eigenvalue weighted by Gasteiger charge is 2.41. The van der Waals surface area contributed by atoms with Gasteiger partial charge in [0.15, 0.2) is 0 Å². The van der Waals surface area contributed by atoms with Crippen LogP contribution in [0.3, 0.4) is 0 Å². The van der Waals surface area contributed by atoms with Crippen molar-refractivity contribution in [1.29, 1.82) is 0 Å². The van der Waals surface area contributed by atoms with Crippen LogP contribution in [0.1, 0.15) is 33.1 Å². The van der Waals surface area contributed by atoms with E-state index in [0.29, 0.717) is 0 Å². The molecule has 1 saturated heterocycles. The standard InChI is InChI=1S/C15H26N4/c1-3-15(2)12-18(9-10-19-8-4-7-17-19)14(11-16-15)13-5-6-13/h4,7-8,13-14,16H,3,5-6,9-12H2,1-2H3. The minimum Gasteiger partial charge on any atom is -0.309 e. The van der Waals surface area contributed by atoms with Crippen LogP contribution in [-0.2, 0) is 6.54 Å². The van der Waals surface area contributed by atoms with E-state index < -0.39 is 0 Å². The molecule has 1 saturated carbocycles. The van der Waals surface area contributed by atoms with Crippen molar-refractivity contribution in [3.8, 4) is 0 Å². The first-order valence-electron chi connectivity index (χ1n) is 7.67. The van der Waals surface area contributed by atoms with Gasteiger partial charge in [-0.05, 0) is 38.2 Å². The van der Waals surface area contributed by atoms with E-state index in [1.54, 1.807) is 0 Å². The minimum absolute atomic E-state index is 0.287. The number of nitrogens with zero attached hydrogens (tertiary/aromatic N) is 3. The first-order valence-corrected chi connectivity index (χ1v) is 7.67. The zero-order chi connectivity index (χ0) is 13.3. The third-order valence-electron chi connectivity index (χ3n) is 4.88. The van der Waals surface area contributed by atoms with Crippen molar-refractivity contribution >= 4 is 0 Å². The molecule has 3 rings (SSSR count). The molecule has 2 atom stereocenters. The summed E-state index contributed by atoms with van der Waals surface area (Å²) in [5, 5.41) is 8.09. The molecule has 1 aromatic rings. The van der Waals surface area contributed by atoms with Crippen LogP contribution >= 0.6 is 0 Å². The van der Waals surface area contributed by atoms with Gasteiger partial charge in [-0.25, -0.2) is 0 Å². The number of hydrogen-bond acceptors (Lipinski definition) is 3. The molecule has 4 nitrogen and oxygen atoms in total. The molecule has 1 aliphatic heterocycles. The van der Waals surface area contributed by atoms with Gasteiger partial charge >= 0.3 is 0 Å². The lowest BCUT2D eigenvalue weighted by atomic mass is 9.92. The predicted molar refractivity (Wildman–Crippen MR) is 77.0 cm³/mol. The Bertz CT molecular complexity index is 398. The number of hydrogen-bond donors (Lipinski definition) is 1. The van der Waals surface area contributed by atoms with Crippen molar-refractivity contribution in [1.82, 2.24) is 20.0 Å². The van der Waals surface area contributed by atoms with Crippen LogP contribution in [-0.4, -0.2) is 45.9 Å². The van der Waals surface area contributed by atoms with Gasteiger partial charge in [-0.3, -0.25) is 9.58 Å². The van der Waals surface area contributed by atoms with Gasteiger partial charge in [-0.2, -0.15) is 5.10 Å². The fourth-order valence-corrected chi connectivity index (χ4v) is 3.19. The number of piperazine rings is 1. The summed E-state index contributed by atoms with van der Waals surface area (Å²) < 4.78 is 2.05. The molecule has 2 aliphatic rings. The summed E-state index contributed by atoms with van der Waals surface area (Å²) in [6.45, 7) is 9.11. The Balaban J connectivity index is 1.63. The van der Waals surface area contributed by atoms with E-state index >= 15 is 0 Å². The van der Waals surface area contributed by atoms with Gasteiger partial charge in [0.1, 0.15) is 0 Å². The summed E-state index contributed by atoms with van der Waals surface area (Å²) in [7, 11) is 0. The maximum absolute atomic E-state index is 4.32. The number of rotatable bonds is 5. The van der Waals surface area contributed by atoms with Crippen LogP contribution in [0.25, 0.3) is 0 Å². The fourth-order valence-electron chi connectivity index (χ4n) is 3.19. The van der Waals surface area contributed by atoms with Crippen molar-refractivity contribution in [2.75, 3.05) is 19.6 Å². The molecule has 0 amide bonds. The van der Waals surface area contributed by atoms with Crippen molar-refractivity contribution < 1.29 is 0 Å². The SMILES string of the molecule is CCC1(C)CN(CCn2cccn2)C(C2CC2)CN1. The van der Waals surface area contributed by atoms with E-state index in [4.69, 9.17) is 0 Å². The van der Waals surface area contributed by atoms with Crippen LogP contribution in [0.5, 0.6) is 0 Å². The van der Waals surface area contributed by atoms with E-state index in [1.807, 2.05) is 12.3 Å². The molecule has 0 radical (unpaired) electrons. The highest BCUT2D eigenvalue weighted by molar-refractivity contribution is 4.99. The molecular weight excluding hydrogens is 236 g/mol. The molecule has 1 aromatic heterocycles. The monoisotopic (exact) mass is 262 g/mol. The summed E-state index contributed by atoms with van der Waals surface area (Å²) in [5.74, 6) is 0.937. The van der Waals surface area contributed by atoms with E-state index in [-0.39, 0.29) is 5.54 Å². The van der Waals surface area contributed by atoms with Gasteiger partial charge in [0.2, 0.25) is 0 Å². The van der Waals surface area contributed by atoms with Crippen LogP contribution in [0.15, 0.2) is 18.5 Å². The maximum atomic E-state index is 4.32. The largest absolute Gasteiger partial charge is 0.309 e. The van der Waals surface area contributed by atoms with Crippen LogP contribution < -0.4 is 5.32 Å². The lowest BCUT2D eigenvalue weighted by Gasteiger charge is -2.46. The second-order valence-electron chi connectivity index (χ2n) is 6.44. The van der Waals surface area contributed by atoms with Gasteiger partial charge < -0.3 is 5.32 Å². The lowest BCUT2D eigenvalue weighted by molar-refractivity contribution is 0.0688. The molecule has 2 unspecified atom stereocenters.